The fourth-order valence-electron chi connectivity index (χ4n) is 3.03. The lowest BCUT2D eigenvalue weighted by Gasteiger charge is -2.13. The van der Waals surface area contributed by atoms with Crippen LogP contribution in [0.15, 0.2) is 36.7 Å². The first kappa shape index (κ1) is 17.8. The van der Waals surface area contributed by atoms with Crippen molar-refractivity contribution in [1.29, 1.82) is 0 Å². The van der Waals surface area contributed by atoms with Crippen molar-refractivity contribution in [2.45, 2.75) is 32.2 Å². The lowest BCUT2D eigenvalue weighted by atomic mass is 10.1. The third-order valence-corrected chi connectivity index (χ3v) is 4.41. The molecule has 1 aliphatic rings. The SMILES string of the molecule is Cn1cc(CNC(=O)CCCCCN2C(=O)c3ccccc3C2=O)cn1. The van der Waals surface area contributed by atoms with Gasteiger partial charge in [-0.05, 0) is 25.0 Å². The average Bonchev–Trinajstić information content (AvgIpc) is 3.16. The molecule has 0 bridgehead atoms. The predicted molar refractivity (Wildman–Crippen MR) is 95.3 cm³/mol. The van der Waals surface area contributed by atoms with Crippen molar-refractivity contribution in [3.63, 3.8) is 0 Å². The van der Waals surface area contributed by atoms with Crippen LogP contribution in [0.5, 0.6) is 0 Å². The molecule has 1 N–H and O–H groups in total. The highest BCUT2D eigenvalue weighted by Gasteiger charge is 2.34. The van der Waals surface area contributed by atoms with Crippen LogP contribution < -0.4 is 5.32 Å². The van der Waals surface area contributed by atoms with E-state index in [1.165, 1.54) is 4.90 Å². The van der Waals surface area contributed by atoms with Crippen LogP contribution in [0.4, 0.5) is 0 Å². The molecule has 0 saturated heterocycles. The number of fused-ring (bicyclic) bond motifs is 1. The summed E-state index contributed by atoms with van der Waals surface area (Å²) < 4.78 is 1.70. The molecule has 0 saturated carbocycles. The molecule has 136 valence electrons. The van der Waals surface area contributed by atoms with Gasteiger partial charge in [-0.15, -0.1) is 0 Å². The van der Waals surface area contributed by atoms with Gasteiger partial charge in [0.2, 0.25) is 5.91 Å². The van der Waals surface area contributed by atoms with E-state index in [1.807, 2.05) is 13.2 Å². The number of benzene rings is 1. The molecule has 7 nitrogen and oxygen atoms in total. The van der Waals surface area contributed by atoms with Crippen molar-refractivity contribution in [2.24, 2.45) is 7.05 Å². The largest absolute Gasteiger partial charge is 0.352 e. The van der Waals surface area contributed by atoms with Crippen molar-refractivity contribution in [1.82, 2.24) is 20.0 Å². The zero-order valence-electron chi connectivity index (χ0n) is 14.8. The summed E-state index contributed by atoms with van der Waals surface area (Å²) >= 11 is 0. The summed E-state index contributed by atoms with van der Waals surface area (Å²) in [6.07, 6.45) is 6.23. The third-order valence-electron chi connectivity index (χ3n) is 4.41. The van der Waals surface area contributed by atoms with Crippen LogP contribution in [0, 0.1) is 0 Å². The highest BCUT2D eigenvalue weighted by molar-refractivity contribution is 6.21. The standard InChI is InChI=1S/C19H22N4O3/c1-22-13-14(12-21-22)11-20-17(24)9-3-2-6-10-23-18(25)15-7-4-5-8-16(15)19(23)26/h4-5,7-8,12-13H,2-3,6,9-11H2,1H3,(H,20,24). The molecule has 3 amide bonds. The van der Waals surface area contributed by atoms with Gasteiger partial charge < -0.3 is 5.32 Å². The van der Waals surface area contributed by atoms with E-state index >= 15 is 0 Å². The number of nitrogens with one attached hydrogen (secondary N) is 1. The maximum atomic E-state index is 12.2. The number of aromatic nitrogens is 2. The second kappa shape index (κ2) is 7.95. The minimum atomic E-state index is -0.222. The first-order valence-corrected chi connectivity index (χ1v) is 8.75. The fraction of sp³-hybridized carbons (Fsp3) is 0.368. The number of aryl methyl sites for hydroxylation is 1. The molecule has 2 aromatic rings. The number of imide groups is 1. The summed E-state index contributed by atoms with van der Waals surface area (Å²) in [7, 11) is 1.83. The maximum Gasteiger partial charge on any atom is 0.261 e. The quantitative estimate of drug-likeness (QED) is 0.580. The molecule has 1 aromatic heterocycles. The van der Waals surface area contributed by atoms with E-state index in [1.54, 1.807) is 35.1 Å². The minimum absolute atomic E-state index is 0.00502. The molecule has 0 unspecified atom stereocenters. The lowest BCUT2D eigenvalue weighted by Crippen LogP contribution is -2.30. The summed E-state index contributed by atoms with van der Waals surface area (Å²) in [5.41, 5.74) is 1.92. The Bertz CT molecular complexity index is 793. The molecule has 0 aliphatic carbocycles. The van der Waals surface area contributed by atoms with Gasteiger partial charge in [0.25, 0.3) is 11.8 Å². The van der Waals surface area contributed by atoms with Gasteiger partial charge in [0.15, 0.2) is 0 Å². The molecule has 26 heavy (non-hydrogen) atoms. The van der Waals surface area contributed by atoms with Crippen molar-refractivity contribution in [3.05, 3.63) is 53.3 Å². The Hall–Kier alpha value is -2.96. The molecule has 0 atom stereocenters. The van der Waals surface area contributed by atoms with Crippen LogP contribution in [-0.4, -0.2) is 38.9 Å². The number of amides is 3. The Labute approximate surface area is 152 Å². The van der Waals surface area contributed by atoms with Crippen LogP contribution in [-0.2, 0) is 18.4 Å². The molecule has 0 fully saturated rings. The molecule has 1 aliphatic heterocycles. The van der Waals surface area contributed by atoms with Crippen LogP contribution in [0.3, 0.4) is 0 Å². The Kier molecular flexibility index (Phi) is 5.46. The fourth-order valence-corrected chi connectivity index (χ4v) is 3.03. The molecule has 0 spiro atoms. The van der Waals surface area contributed by atoms with E-state index in [0.717, 1.165) is 18.4 Å². The van der Waals surface area contributed by atoms with Crippen LogP contribution >= 0.6 is 0 Å². The van der Waals surface area contributed by atoms with Gasteiger partial charge in [-0.3, -0.25) is 24.0 Å². The van der Waals surface area contributed by atoms with Crippen molar-refractivity contribution in [3.8, 4) is 0 Å². The van der Waals surface area contributed by atoms with Crippen LogP contribution in [0.2, 0.25) is 0 Å². The average molecular weight is 354 g/mol. The summed E-state index contributed by atoms with van der Waals surface area (Å²) in [4.78, 5) is 37.6. The van der Waals surface area contributed by atoms with E-state index in [9.17, 15) is 14.4 Å². The van der Waals surface area contributed by atoms with Gasteiger partial charge in [-0.2, -0.15) is 5.10 Å². The van der Waals surface area contributed by atoms with E-state index in [4.69, 9.17) is 0 Å². The summed E-state index contributed by atoms with van der Waals surface area (Å²) in [6, 6.07) is 6.89. The second-order valence-electron chi connectivity index (χ2n) is 6.42. The molecular weight excluding hydrogens is 332 g/mol. The van der Waals surface area contributed by atoms with Gasteiger partial charge in [0.05, 0.1) is 17.3 Å². The van der Waals surface area contributed by atoms with Crippen molar-refractivity contribution >= 4 is 17.7 Å². The predicted octanol–water partition coefficient (Wildman–Crippen LogP) is 1.89. The highest BCUT2D eigenvalue weighted by Crippen LogP contribution is 2.22. The zero-order valence-corrected chi connectivity index (χ0v) is 14.8. The number of rotatable bonds is 8. The first-order valence-electron chi connectivity index (χ1n) is 8.75. The number of nitrogens with zero attached hydrogens (tertiary/aromatic N) is 3. The number of unbranched alkanes of at least 4 members (excludes halogenated alkanes) is 2. The second-order valence-corrected chi connectivity index (χ2v) is 6.42. The smallest absolute Gasteiger partial charge is 0.261 e. The lowest BCUT2D eigenvalue weighted by molar-refractivity contribution is -0.121. The number of carbonyl (C=O) groups is 3. The highest BCUT2D eigenvalue weighted by atomic mass is 16.2. The summed E-state index contributed by atoms with van der Waals surface area (Å²) in [6.45, 7) is 0.866. The number of hydrogen-bond donors (Lipinski definition) is 1. The zero-order chi connectivity index (χ0) is 18.5. The minimum Gasteiger partial charge on any atom is -0.352 e. The van der Waals surface area contributed by atoms with Crippen molar-refractivity contribution < 1.29 is 14.4 Å². The van der Waals surface area contributed by atoms with E-state index < -0.39 is 0 Å². The molecule has 1 aromatic carbocycles. The normalized spacial score (nSPS) is 13.2. The molecular formula is C19H22N4O3. The number of hydrogen-bond acceptors (Lipinski definition) is 4. The first-order chi connectivity index (χ1) is 12.6. The number of carbonyl (C=O) groups excluding carboxylic acids is 3. The van der Waals surface area contributed by atoms with E-state index in [0.29, 0.717) is 37.1 Å². The van der Waals surface area contributed by atoms with Crippen LogP contribution in [0.1, 0.15) is 52.0 Å². The van der Waals surface area contributed by atoms with Crippen LogP contribution in [0.25, 0.3) is 0 Å². The summed E-state index contributed by atoms with van der Waals surface area (Å²) in [5.74, 6) is -0.450. The van der Waals surface area contributed by atoms with Gasteiger partial charge in [-0.1, -0.05) is 18.6 Å². The Balaban J connectivity index is 1.34. The van der Waals surface area contributed by atoms with E-state index in [2.05, 4.69) is 10.4 Å². The molecule has 7 heteroatoms. The summed E-state index contributed by atoms with van der Waals surface area (Å²) in [5, 5.41) is 6.91. The van der Waals surface area contributed by atoms with Gasteiger partial charge in [-0.25, -0.2) is 0 Å². The molecule has 2 heterocycles. The molecule has 0 radical (unpaired) electrons. The third kappa shape index (κ3) is 3.99. The van der Waals surface area contributed by atoms with Crippen molar-refractivity contribution in [2.75, 3.05) is 6.54 Å². The maximum absolute atomic E-state index is 12.2. The Morgan fingerprint density at radius 2 is 1.77 bits per heavy atom. The van der Waals surface area contributed by atoms with Gasteiger partial charge in [0, 0.05) is 38.3 Å². The van der Waals surface area contributed by atoms with Gasteiger partial charge in [0.1, 0.15) is 0 Å². The Morgan fingerprint density at radius 3 is 2.38 bits per heavy atom. The van der Waals surface area contributed by atoms with E-state index in [-0.39, 0.29) is 17.7 Å². The molecule has 3 rings (SSSR count). The topological polar surface area (TPSA) is 84.3 Å². The van der Waals surface area contributed by atoms with Gasteiger partial charge >= 0.3 is 0 Å². The monoisotopic (exact) mass is 354 g/mol. The Morgan fingerprint density at radius 1 is 1.08 bits per heavy atom.